The number of carbonyl (C=O) groups is 2. The lowest BCUT2D eigenvalue weighted by Gasteiger charge is -2.06. The monoisotopic (exact) mass is 455 g/mol. The predicted octanol–water partition coefficient (Wildman–Crippen LogP) is 4.39. The van der Waals surface area contributed by atoms with Crippen LogP contribution in [0.2, 0.25) is 0 Å². The Morgan fingerprint density at radius 2 is 1.94 bits per heavy atom. The van der Waals surface area contributed by atoms with Crippen molar-refractivity contribution in [3.8, 4) is 11.5 Å². The molecule has 0 spiro atoms. The van der Waals surface area contributed by atoms with E-state index in [-0.39, 0.29) is 17.4 Å². The summed E-state index contributed by atoms with van der Waals surface area (Å²) in [7, 11) is 0. The minimum Gasteiger partial charge on any atom is -0.461 e. The molecule has 9 nitrogen and oxygen atoms in total. The van der Waals surface area contributed by atoms with E-state index in [2.05, 4.69) is 26.0 Å². The number of aryl methyl sites for hydroxylation is 2. The summed E-state index contributed by atoms with van der Waals surface area (Å²) in [5, 5.41) is 17.4. The van der Waals surface area contributed by atoms with E-state index in [4.69, 9.17) is 8.94 Å². The van der Waals surface area contributed by atoms with Crippen LogP contribution in [0, 0.1) is 13.8 Å². The van der Waals surface area contributed by atoms with E-state index in [0.29, 0.717) is 21.0 Å². The molecule has 0 saturated carbocycles. The molecule has 0 aliphatic carbocycles. The number of carbonyl (C=O) groups excluding carboxylic acids is 2. The van der Waals surface area contributed by atoms with E-state index in [1.807, 2.05) is 32.0 Å². The summed E-state index contributed by atoms with van der Waals surface area (Å²) in [4.78, 5) is 24.5. The van der Waals surface area contributed by atoms with E-state index < -0.39 is 5.91 Å². The average Bonchev–Trinajstić information content (AvgIpc) is 3.50. The van der Waals surface area contributed by atoms with Gasteiger partial charge in [-0.25, -0.2) is 0 Å². The van der Waals surface area contributed by atoms with Crippen LogP contribution in [-0.4, -0.2) is 32.9 Å². The number of thioether (sulfide) groups is 1. The molecule has 11 heteroatoms. The molecule has 0 saturated heterocycles. The molecule has 31 heavy (non-hydrogen) atoms. The third-order valence-electron chi connectivity index (χ3n) is 4.25. The molecule has 2 amide bonds. The van der Waals surface area contributed by atoms with Gasteiger partial charge in [0.2, 0.25) is 16.8 Å². The number of nitrogens with one attached hydrogen (secondary N) is 2. The highest BCUT2D eigenvalue weighted by atomic mass is 32.2. The summed E-state index contributed by atoms with van der Waals surface area (Å²) < 4.78 is 10.9. The van der Waals surface area contributed by atoms with E-state index in [9.17, 15) is 9.59 Å². The van der Waals surface area contributed by atoms with Crippen molar-refractivity contribution in [3.63, 3.8) is 0 Å². The van der Waals surface area contributed by atoms with Gasteiger partial charge in [-0.15, -0.1) is 10.2 Å². The highest BCUT2D eigenvalue weighted by molar-refractivity contribution is 8.01. The van der Waals surface area contributed by atoms with Gasteiger partial charge < -0.3 is 14.3 Å². The third kappa shape index (κ3) is 5.19. The van der Waals surface area contributed by atoms with E-state index in [0.717, 1.165) is 11.3 Å². The first-order chi connectivity index (χ1) is 15.0. The summed E-state index contributed by atoms with van der Waals surface area (Å²) in [5.74, 6) is 0.355. The first-order valence-corrected chi connectivity index (χ1v) is 10.9. The predicted molar refractivity (Wildman–Crippen MR) is 117 cm³/mol. The zero-order chi connectivity index (χ0) is 21.8. The molecule has 3 heterocycles. The number of hydrogen-bond donors (Lipinski definition) is 2. The van der Waals surface area contributed by atoms with Crippen LogP contribution in [0.15, 0.2) is 55.9 Å². The lowest BCUT2D eigenvalue weighted by atomic mass is 10.1. The molecule has 0 aliphatic heterocycles. The van der Waals surface area contributed by atoms with Gasteiger partial charge in [-0.3, -0.25) is 14.9 Å². The van der Waals surface area contributed by atoms with Crippen LogP contribution in [0.4, 0.5) is 10.8 Å². The summed E-state index contributed by atoms with van der Waals surface area (Å²) in [6.45, 7) is 4.01. The quantitative estimate of drug-likeness (QED) is 0.311. The molecule has 3 aromatic heterocycles. The van der Waals surface area contributed by atoms with Crippen molar-refractivity contribution >= 4 is 45.7 Å². The van der Waals surface area contributed by atoms with E-state index in [1.165, 1.54) is 41.0 Å². The van der Waals surface area contributed by atoms with Gasteiger partial charge in [-0.05, 0) is 49.2 Å². The number of nitrogens with zero attached hydrogens (tertiary/aromatic N) is 3. The minimum atomic E-state index is -0.484. The topological polar surface area (TPSA) is 123 Å². The Kier molecular flexibility index (Phi) is 6.14. The Labute approximate surface area is 185 Å². The third-order valence-corrected chi connectivity index (χ3v) is 6.22. The number of amides is 2. The molecule has 4 rings (SSSR count). The SMILES string of the molecule is Cc1ccc(NC(=O)CSc2nnc(NC(=O)c3cc(-c4ccco4)on3)s2)cc1C. The van der Waals surface area contributed by atoms with Gasteiger partial charge in [0.25, 0.3) is 5.91 Å². The fourth-order valence-corrected chi connectivity index (χ4v) is 4.09. The fraction of sp³-hybridized carbons (Fsp3) is 0.150. The lowest BCUT2D eigenvalue weighted by molar-refractivity contribution is -0.113. The Hall–Kier alpha value is -3.44. The smallest absolute Gasteiger partial charge is 0.279 e. The highest BCUT2D eigenvalue weighted by Gasteiger charge is 2.17. The average molecular weight is 456 g/mol. The molecule has 4 aromatic rings. The van der Waals surface area contributed by atoms with Crippen molar-refractivity contribution in [1.29, 1.82) is 0 Å². The highest BCUT2D eigenvalue weighted by Crippen LogP contribution is 2.26. The molecule has 2 N–H and O–H groups in total. The van der Waals surface area contributed by atoms with Gasteiger partial charge >= 0.3 is 0 Å². The molecule has 0 radical (unpaired) electrons. The van der Waals surface area contributed by atoms with Crippen molar-refractivity contribution in [2.24, 2.45) is 0 Å². The fourth-order valence-electron chi connectivity index (χ4n) is 2.54. The maximum absolute atomic E-state index is 12.3. The first kappa shape index (κ1) is 20.8. The normalized spacial score (nSPS) is 10.8. The van der Waals surface area contributed by atoms with Crippen molar-refractivity contribution in [2.75, 3.05) is 16.4 Å². The minimum absolute atomic E-state index is 0.0866. The van der Waals surface area contributed by atoms with Crippen LogP contribution in [0.25, 0.3) is 11.5 Å². The van der Waals surface area contributed by atoms with E-state index in [1.54, 1.807) is 12.1 Å². The van der Waals surface area contributed by atoms with Crippen LogP contribution < -0.4 is 10.6 Å². The summed E-state index contributed by atoms with van der Waals surface area (Å²) >= 11 is 2.40. The maximum Gasteiger partial charge on any atom is 0.279 e. The standard InChI is InChI=1S/C20H17N5O4S2/c1-11-5-6-13(8-12(11)2)21-17(26)10-30-20-24-23-19(31-20)22-18(27)14-9-16(29-25-14)15-4-3-7-28-15/h3-9H,10H2,1-2H3,(H,21,26)(H,22,23,27). The van der Waals surface area contributed by atoms with Gasteiger partial charge in [-0.2, -0.15) is 0 Å². The van der Waals surface area contributed by atoms with Gasteiger partial charge in [0.1, 0.15) is 0 Å². The number of anilines is 2. The Morgan fingerprint density at radius 1 is 1.06 bits per heavy atom. The summed E-state index contributed by atoms with van der Waals surface area (Å²) in [6, 6.07) is 10.6. The second kappa shape index (κ2) is 9.14. The molecule has 1 aromatic carbocycles. The van der Waals surface area contributed by atoms with Crippen molar-refractivity contribution in [2.45, 2.75) is 18.2 Å². The number of aromatic nitrogens is 3. The Balaban J connectivity index is 1.29. The van der Waals surface area contributed by atoms with Gasteiger partial charge in [-0.1, -0.05) is 34.3 Å². The van der Waals surface area contributed by atoms with Crippen molar-refractivity contribution < 1.29 is 18.5 Å². The van der Waals surface area contributed by atoms with Gasteiger partial charge in [0.15, 0.2) is 15.8 Å². The van der Waals surface area contributed by atoms with Gasteiger partial charge in [0.05, 0.1) is 12.0 Å². The lowest BCUT2D eigenvalue weighted by Crippen LogP contribution is -2.14. The molecule has 0 aliphatic rings. The van der Waals surface area contributed by atoms with Crippen LogP contribution in [0.1, 0.15) is 21.6 Å². The van der Waals surface area contributed by atoms with Crippen LogP contribution in [0.3, 0.4) is 0 Å². The largest absolute Gasteiger partial charge is 0.461 e. The Bertz CT molecular complexity index is 1220. The molecule has 0 fully saturated rings. The molecular weight excluding hydrogens is 438 g/mol. The summed E-state index contributed by atoms with van der Waals surface area (Å²) in [5.41, 5.74) is 3.11. The summed E-state index contributed by atoms with van der Waals surface area (Å²) in [6.07, 6.45) is 1.50. The molecular formula is C20H17N5O4S2. The zero-order valence-electron chi connectivity index (χ0n) is 16.5. The Morgan fingerprint density at radius 3 is 2.71 bits per heavy atom. The second-order valence-corrected chi connectivity index (χ2v) is 8.72. The van der Waals surface area contributed by atoms with Gasteiger partial charge in [0, 0.05) is 11.8 Å². The van der Waals surface area contributed by atoms with Crippen molar-refractivity contribution in [1.82, 2.24) is 15.4 Å². The van der Waals surface area contributed by atoms with Crippen LogP contribution in [0.5, 0.6) is 0 Å². The number of benzene rings is 1. The maximum atomic E-state index is 12.3. The number of hydrogen-bond acceptors (Lipinski definition) is 9. The molecule has 0 bridgehead atoms. The van der Waals surface area contributed by atoms with Crippen LogP contribution >= 0.6 is 23.1 Å². The number of rotatable bonds is 7. The number of furan rings is 1. The van der Waals surface area contributed by atoms with Crippen molar-refractivity contribution in [3.05, 3.63) is 59.5 Å². The van der Waals surface area contributed by atoms with Crippen LogP contribution in [-0.2, 0) is 4.79 Å². The first-order valence-electron chi connectivity index (χ1n) is 9.13. The molecule has 0 unspecified atom stereocenters. The van der Waals surface area contributed by atoms with E-state index >= 15 is 0 Å². The molecule has 0 atom stereocenters. The molecule has 158 valence electrons. The zero-order valence-corrected chi connectivity index (χ0v) is 18.2. The second-order valence-electron chi connectivity index (χ2n) is 6.52.